The molecule has 1 unspecified atom stereocenters. The summed E-state index contributed by atoms with van der Waals surface area (Å²) in [5, 5.41) is 0. The normalized spacial score (nSPS) is 13.1. The van der Waals surface area contributed by atoms with Gasteiger partial charge >= 0.3 is 18.1 Å². The fourth-order valence-corrected chi connectivity index (χ4v) is 1.50. The van der Waals surface area contributed by atoms with Crippen molar-refractivity contribution in [2.45, 2.75) is 26.1 Å². The molecule has 7 heteroatoms. The number of methoxy groups -OCH3 is 1. The predicted octanol–water partition coefficient (Wildman–Crippen LogP) is 1.76. The molecule has 0 radical (unpaired) electrons. The molecule has 0 bridgehead atoms. The summed E-state index contributed by atoms with van der Waals surface area (Å²) in [7, 11) is 1.06. The van der Waals surface area contributed by atoms with Crippen molar-refractivity contribution in [3.05, 3.63) is 12.7 Å². The second-order valence-electron chi connectivity index (χ2n) is 3.96. The van der Waals surface area contributed by atoms with E-state index in [1.165, 1.54) is 13.8 Å². The van der Waals surface area contributed by atoms with E-state index in [0.29, 0.717) is 4.90 Å². The first-order valence-corrected chi connectivity index (χ1v) is 5.23. The van der Waals surface area contributed by atoms with Gasteiger partial charge in [0.05, 0.1) is 7.11 Å². The zero-order valence-electron chi connectivity index (χ0n) is 10.5. The zero-order chi connectivity index (χ0) is 14.5. The molecule has 0 saturated carbocycles. The highest BCUT2D eigenvalue weighted by Crippen LogP contribution is 2.23. The molecule has 0 fully saturated rings. The number of hydrogen-bond acceptors (Lipinski definition) is 3. The Kier molecular flexibility index (Phi) is 5.87. The molecule has 0 aliphatic heterocycles. The van der Waals surface area contributed by atoms with E-state index < -0.39 is 30.0 Å². The van der Waals surface area contributed by atoms with Gasteiger partial charge in [0.25, 0.3) is 0 Å². The summed E-state index contributed by atoms with van der Waals surface area (Å²) in [5.74, 6) is -3.47. The van der Waals surface area contributed by atoms with Gasteiger partial charge in [0.2, 0.25) is 0 Å². The molecule has 0 aliphatic rings. The lowest BCUT2D eigenvalue weighted by Gasteiger charge is -2.31. The summed E-state index contributed by atoms with van der Waals surface area (Å²) in [5.41, 5.74) is 0. The third-order valence-electron chi connectivity index (χ3n) is 2.24. The van der Waals surface area contributed by atoms with Crippen LogP contribution < -0.4 is 0 Å². The van der Waals surface area contributed by atoms with Gasteiger partial charge in [0.1, 0.15) is 6.04 Å². The quantitative estimate of drug-likeness (QED) is 0.563. The molecular formula is C11H16F3NO3. The second-order valence-corrected chi connectivity index (χ2v) is 3.96. The van der Waals surface area contributed by atoms with Crippen molar-refractivity contribution in [2.24, 2.45) is 5.92 Å². The van der Waals surface area contributed by atoms with Gasteiger partial charge in [0.15, 0.2) is 0 Å². The lowest BCUT2D eigenvalue weighted by Crippen LogP contribution is -2.52. The van der Waals surface area contributed by atoms with Gasteiger partial charge in [-0.2, -0.15) is 13.2 Å². The van der Waals surface area contributed by atoms with Gasteiger partial charge in [-0.1, -0.05) is 19.9 Å². The van der Waals surface area contributed by atoms with Gasteiger partial charge in [0, 0.05) is 6.54 Å². The number of nitrogens with zero attached hydrogens (tertiary/aromatic N) is 1. The molecule has 0 aliphatic carbocycles. The van der Waals surface area contributed by atoms with Gasteiger partial charge in [-0.15, -0.1) is 6.58 Å². The van der Waals surface area contributed by atoms with Crippen LogP contribution in [0, 0.1) is 5.92 Å². The third kappa shape index (κ3) is 4.05. The molecule has 0 aromatic heterocycles. The van der Waals surface area contributed by atoms with Gasteiger partial charge in [-0.3, -0.25) is 4.79 Å². The van der Waals surface area contributed by atoms with Crippen LogP contribution in [0.1, 0.15) is 13.8 Å². The van der Waals surface area contributed by atoms with Gasteiger partial charge in [-0.25, -0.2) is 4.79 Å². The number of amides is 1. The van der Waals surface area contributed by atoms with Crippen molar-refractivity contribution in [1.29, 1.82) is 0 Å². The smallest absolute Gasteiger partial charge is 0.467 e. The first kappa shape index (κ1) is 16.5. The second kappa shape index (κ2) is 6.42. The highest BCUT2D eigenvalue weighted by molar-refractivity contribution is 5.88. The molecule has 0 rings (SSSR count). The molecule has 104 valence electrons. The number of rotatable bonds is 5. The van der Waals surface area contributed by atoms with E-state index in [0.717, 1.165) is 13.2 Å². The first-order chi connectivity index (χ1) is 8.16. The van der Waals surface area contributed by atoms with Crippen LogP contribution in [0.4, 0.5) is 13.2 Å². The van der Waals surface area contributed by atoms with E-state index in [-0.39, 0.29) is 6.54 Å². The van der Waals surface area contributed by atoms with Crippen LogP contribution in [0.2, 0.25) is 0 Å². The molecule has 4 nitrogen and oxygen atoms in total. The molecule has 0 aromatic rings. The maximum absolute atomic E-state index is 12.4. The number of ether oxygens (including phenoxy) is 1. The van der Waals surface area contributed by atoms with Crippen molar-refractivity contribution < 1.29 is 27.5 Å². The Balaban J connectivity index is 5.35. The Morgan fingerprint density at radius 3 is 2.17 bits per heavy atom. The summed E-state index contributed by atoms with van der Waals surface area (Å²) in [6.07, 6.45) is -3.91. The molecular weight excluding hydrogens is 251 g/mol. The fraction of sp³-hybridized carbons (Fsp3) is 0.636. The Labute approximate surface area is 103 Å². The van der Waals surface area contributed by atoms with Crippen LogP contribution in [0.25, 0.3) is 0 Å². The van der Waals surface area contributed by atoms with Gasteiger partial charge < -0.3 is 9.64 Å². The highest BCUT2D eigenvalue weighted by atomic mass is 19.4. The van der Waals surface area contributed by atoms with Crippen molar-refractivity contribution in [3.63, 3.8) is 0 Å². The van der Waals surface area contributed by atoms with Crippen LogP contribution in [-0.2, 0) is 14.3 Å². The maximum atomic E-state index is 12.4. The van der Waals surface area contributed by atoms with Crippen LogP contribution >= 0.6 is 0 Å². The molecule has 0 spiro atoms. The highest BCUT2D eigenvalue weighted by Gasteiger charge is 2.46. The minimum atomic E-state index is -5.04. The standard InChI is InChI=1S/C11H16F3NO3/c1-5-6-15(10(17)11(12,13)14)8(7(2)3)9(16)18-4/h5,7-8H,1,6H2,2-4H3. The van der Waals surface area contributed by atoms with Gasteiger partial charge in [-0.05, 0) is 5.92 Å². The maximum Gasteiger partial charge on any atom is 0.471 e. The molecule has 1 atom stereocenters. The average molecular weight is 267 g/mol. The molecule has 0 saturated heterocycles. The Hall–Kier alpha value is -1.53. The van der Waals surface area contributed by atoms with E-state index in [1.54, 1.807) is 0 Å². The summed E-state index contributed by atoms with van der Waals surface area (Å²) < 4.78 is 41.7. The predicted molar refractivity (Wildman–Crippen MR) is 58.6 cm³/mol. The van der Waals surface area contributed by atoms with E-state index in [4.69, 9.17) is 0 Å². The molecule has 1 amide bonds. The topological polar surface area (TPSA) is 46.6 Å². The molecule has 18 heavy (non-hydrogen) atoms. The van der Waals surface area contributed by atoms with Crippen molar-refractivity contribution in [3.8, 4) is 0 Å². The monoisotopic (exact) mass is 267 g/mol. The van der Waals surface area contributed by atoms with Crippen molar-refractivity contribution in [2.75, 3.05) is 13.7 Å². The van der Waals surface area contributed by atoms with Crippen LogP contribution in [0.3, 0.4) is 0 Å². The number of esters is 1. The van der Waals surface area contributed by atoms with E-state index >= 15 is 0 Å². The van der Waals surface area contributed by atoms with E-state index in [9.17, 15) is 22.8 Å². The van der Waals surface area contributed by atoms with E-state index in [2.05, 4.69) is 11.3 Å². The Bertz CT molecular complexity index is 326. The largest absolute Gasteiger partial charge is 0.471 e. The summed E-state index contributed by atoms with van der Waals surface area (Å²) in [4.78, 5) is 23.2. The molecule has 0 heterocycles. The first-order valence-electron chi connectivity index (χ1n) is 5.23. The van der Waals surface area contributed by atoms with E-state index in [1.807, 2.05) is 0 Å². The SMILES string of the molecule is C=CCN(C(=O)C(F)(F)F)C(C(=O)OC)C(C)C. The molecule has 0 N–H and O–H groups in total. The van der Waals surface area contributed by atoms with Crippen molar-refractivity contribution in [1.82, 2.24) is 4.90 Å². The fourth-order valence-electron chi connectivity index (χ4n) is 1.50. The summed E-state index contributed by atoms with van der Waals surface area (Å²) in [6, 6.07) is -1.29. The van der Waals surface area contributed by atoms with Crippen LogP contribution in [0.5, 0.6) is 0 Å². The number of halogens is 3. The Morgan fingerprint density at radius 2 is 1.89 bits per heavy atom. The number of carbonyl (C=O) groups excluding carboxylic acids is 2. The summed E-state index contributed by atoms with van der Waals surface area (Å²) >= 11 is 0. The number of alkyl halides is 3. The van der Waals surface area contributed by atoms with Crippen LogP contribution in [-0.4, -0.2) is 42.6 Å². The lowest BCUT2D eigenvalue weighted by molar-refractivity contribution is -0.190. The van der Waals surface area contributed by atoms with Crippen molar-refractivity contribution >= 4 is 11.9 Å². The summed E-state index contributed by atoms with van der Waals surface area (Å²) in [6.45, 7) is 5.96. The lowest BCUT2D eigenvalue weighted by atomic mass is 10.0. The Morgan fingerprint density at radius 1 is 1.39 bits per heavy atom. The van der Waals surface area contributed by atoms with Crippen LogP contribution in [0.15, 0.2) is 12.7 Å². The minimum absolute atomic E-state index is 0.379. The number of carbonyl (C=O) groups is 2. The molecule has 0 aromatic carbocycles. The third-order valence-corrected chi connectivity index (χ3v) is 2.24. The average Bonchev–Trinajstić information content (AvgIpc) is 2.25. The zero-order valence-corrected chi connectivity index (χ0v) is 10.5. The number of hydrogen-bond donors (Lipinski definition) is 0. The minimum Gasteiger partial charge on any atom is -0.467 e.